The van der Waals surface area contributed by atoms with Crippen LogP contribution in [-0.4, -0.2) is 56.3 Å². The van der Waals surface area contributed by atoms with E-state index in [-0.39, 0.29) is 12.5 Å². The summed E-state index contributed by atoms with van der Waals surface area (Å²) < 4.78 is 27.6. The maximum Gasteiger partial charge on any atom is 0.243 e. The van der Waals surface area contributed by atoms with Crippen molar-refractivity contribution >= 4 is 38.3 Å². The molecule has 8 heteroatoms. The van der Waals surface area contributed by atoms with E-state index in [9.17, 15) is 13.2 Å². The van der Waals surface area contributed by atoms with Crippen molar-refractivity contribution < 1.29 is 13.2 Å². The van der Waals surface area contributed by atoms with Crippen LogP contribution in [0.5, 0.6) is 0 Å². The third kappa shape index (κ3) is 5.25. The van der Waals surface area contributed by atoms with Crippen molar-refractivity contribution in [3.8, 4) is 0 Å². The molecule has 1 heterocycles. The van der Waals surface area contributed by atoms with Gasteiger partial charge in [0.2, 0.25) is 15.9 Å². The van der Waals surface area contributed by atoms with Crippen molar-refractivity contribution in [2.45, 2.75) is 11.4 Å². The van der Waals surface area contributed by atoms with Crippen molar-refractivity contribution in [3.63, 3.8) is 0 Å². The number of hydrogen-bond donors (Lipinski definition) is 1. The van der Waals surface area contributed by atoms with Gasteiger partial charge in [-0.15, -0.1) is 0 Å². The molecule has 4 rings (SSSR count). The van der Waals surface area contributed by atoms with Crippen LogP contribution in [0.4, 0.5) is 0 Å². The number of benzene rings is 3. The predicted octanol–water partition coefficient (Wildman–Crippen LogP) is 3.12. The lowest BCUT2D eigenvalue weighted by atomic mass is 10.1. The number of hydrogen-bond acceptors (Lipinski definition) is 4. The van der Waals surface area contributed by atoms with Crippen LogP contribution in [0, 0.1) is 0 Å². The molecule has 31 heavy (non-hydrogen) atoms. The molecule has 1 amide bonds. The Morgan fingerprint density at radius 1 is 0.903 bits per heavy atom. The molecule has 0 unspecified atom stereocenters. The Labute approximate surface area is 187 Å². The second kappa shape index (κ2) is 9.36. The van der Waals surface area contributed by atoms with Gasteiger partial charge in [-0.05, 0) is 40.6 Å². The number of fused-ring (bicyclic) bond motifs is 1. The van der Waals surface area contributed by atoms with Gasteiger partial charge in [-0.3, -0.25) is 9.69 Å². The third-order valence-electron chi connectivity index (χ3n) is 5.44. The van der Waals surface area contributed by atoms with Gasteiger partial charge in [0.05, 0.1) is 11.4 Å². The van der Waals surface area contributed by atoms with Gasteiger partial charge in [-0.2, -0.15) is 4.31 Å². The predicted molar refractivity (Wildman–Crippen MR) is 122 cm³/mol. The van der Waals surface area contributed by atoms with Crippen LogP contribution >= 0.6 is 11.6 Å². The van der Waals surface area contributed by atoms with Gasteiger partial charge in [0, 0.05) is 37.7 Å². The molecular formula is C23H24ClN3O3S. The van der Waals surface area contributed by atoms with Crippen molar-refractivity contribution in [1.29, 1.82) is 0 Å². The summed E-state index contributed by atoms with van der Waals surface area (Å²) in [7, 11) is -3.56. The zero-order valence-electron chi connectivity index (χ0n) is 17.0. The van der Waals surface area contributed by atoms with E-state index in [1.54, 1.807) is 18.2 Å². The summed E-state index contributed by atoms with van der Waals surface area (Å²) in [4.78, 5) is 14.6. The smallest absolute Gasteiger partial charge is 0.243 e. The first-order valence-electron chi connectivity index (χ1n) is 10.1. The summed E-state index contributed by atoms with van der Waals surface area (Å²) in [5.74, 6) is -0.0918. The minimum absolute atomic E-state index is 0.0918. The Hall–Kier alpha value is -2.45. The van der Waals surface area contributed by atoms with Crippen LogP contribution in [0.3, 0.4) is 0 Å². The fourth-order valence-corrected chi connectivity index (χ4v) is 5.38. The van der Waals surface area contributed by atoms with Crippen LogP contribution in [0.15, 0.2) is 71.6 Å². The first-order chi connectivity index (χ1) is 14.9. The fourth-order valence-electron chi connectivity index (χ4n) is 3.71. The zero-order valence-corrected chi connectivity index (χ0v) is 18.6. The average molecular weight is 458 g/mol. The summed E-state index contributed by atoms with van der Waals surface area (Å²) in [5, 5.41) is 5.43. The van der Waals surface area contributed by atoms with Gasteiger partial charge >= 0.3 is 0 Å². The molecule has 1 aliphatic rings. The Bertz CT molecular complexity index is 1190. The number of carbonyl (C=O) groups is 1. The molecule has 162 valence electrons. The summed E-state index contributed by atoms with van der Waals surface area (Å²) in [6, 6.07) is 20.3. The van der Waals surface area contributed by atoms with Crippen LogP contribution in [0.25, 0.3) is 10.8 Å². The molecule has 3 aromatic carbocycles. The highest BCUT2D eigenvalue weighted by Crippen LogP contribution is 2.22. The van der Waals surface area contributed by atoms with Crippen molar-refractivity contribution in [1.82, 2.24) is 14.5 Å². The van der Waals surface area contributed by atoms with Crippen LogP contribution < -0.4 is 5.32 Å². The minimum Gasteiger partial charge on any atom is -0.351 e. The quantitative estimate of drug-likeness (QED) is 0.617. The van der Waals surface area contributed by atoms with E-state index in [1.165, 1.54) is 4.31 Å². The standard InChI is InChI=1S/C23H24ClN3O3S/c24-21-7-3-4-18(14-21)16-25-23(28)17-26-10-12-27(13-11-26)31(29,30)22-9-8-19-5-1-2-6-20(19)15-22/h1-9,14-15H,10-13,16-17H2,(H,25,28). The Kier molecular flexibility index (Phi) is 6.57. The molecule has 0 saturated carbocycles. The molecule has 1 aliphatic heterocycles. The Balaban J connectivity index is 1.31. The molecule has 0 aromatic heterocycles. The molecule has 0 spiro atoms. The molecule has 3 aromatic rings. The second-order valence-electron chi connectivity index (χ2n) is 7.60. The number of amides is 1. The van der Waals surface area contributed by atoms with Crippen molar-refractivity contribution in [2.24, 2.45) is 0 Å². The highest BCUT2D eigenvalue weighted by Gasteiger charge is 2.29. The van der Waals surface area contributed by atoms with Crippen molar-refractivity contribution in [3.05, 3.63) is 77.3 Å². The van der Waals surface area contributed by atoms with E-state index in [4.69, 9.17) is 11.6 Å². The van der Waals surface area contributed by atoms with E-state index < -0.39 is 10.0 Å². The first kappa shape index (κ1) is 21.8. The lowest BCUT2D eigenvalue weighted by Crippen LogP contribution is -2.50. The highest BCUT2D eigenvalue weighted by molar-refractivity contribution is 7.89. The van der Waals surface area contributed by atoms with Gasteiger partial charge in [-0.1, -0.05) is 54.1 Å². The number of rotatable bonds is 6. The molecule has 6 nitrogen and oxygen atoms in total. The molecule has 1 N–H and O–H groups in total. The van der Waals surface area contributed by atoms with Gasteiger partial charge in [-0.25, -0.2) is 8.42 Å². The van der Waals surface area contributed by atoms with E-state index in [0.717, 1.165) is 16.3 Å². The van der Waals surface area contributed by atoms with Gasteiger partial charge in [0.15, 0.2) is 0 Å². The summed E-state index contributed by atoms with van der Waals surface area (Å²) in [6.45, 7) is 2.39. The summed E-state index contributed by atoms with van der Waals surface area (Å²) >= 11 is 5.96. The topological polar surface area (TPSA) is 69.7 Å². The number of carbonyl (C=O) groups excluding carboxylic acids is 1. The average Bonchev–Trinajstić information content (AvgIpc) is 2.78. The highest BCUT2D eigenvalue weighted by atomic mass is 35.5. The van der Waals surface area contributed by atoms with Gasteiger partial charge in [0.1, 0.15) is 0 Å². The number of halogens is 1. The lowest BCUT2D eigenvalue weighted by molar-refractivity contribution is -0.122. The summed E-state index contributed by atoms with van der Waals surface area (Å²) in [5.41, 5.74) is 0.937. The molecule has 1 fully saturated rings. The monoisotopic (exact) mass is 457 g/mol. The van der Waals surface area contributed by atoms with Crippen molar-refractivity contribution in [2.75, 3.05) is 32.7 Å². The van der Waals surface area contributed by atoms with Crippen LogP contribution in [0.1, 0.15) is 5.56 Å². The normalized spacial score (nSPS) is 15.8. The largest absolute Gasteiger partial charge is 0.351 e. The Morgan fingerprint density at radius 3 is 2.39 bits per heavy atom. The fraction of sp³-hybridized carbons (Fsp3) is 0.261. The molecular weight excluding hydrogens is 434 g/mol. The third-order valence-corrected chi connectivity index (χ3v) is 7.57. The lowest BCUT2D eigenvalue weighted by Gasteiger charge is -2.33. The van der Waals surface area contributed by atoms with Gasteiger partial charge in [0.25, 0.3) is 0 Å². The molecule has 0 bridgehead atoms. The number of nitrogens with zero attached hydrogens (tertiary/aromatic N) is 2. The maximum absolute atomic E-state index is 13.1. The van der Waals surface area contributed by atoms with E-state index in [0.29, 0.717) is 42.6 Å². The van der Waals surface area contributed by atoms with Crippen LogP contribution in [0.2, 0.25) is 5.02 Å². The summed E-state index contributed by atoms with van der Waals surface area (Å²) in [6.07, 6.45) is 0. The minimum atomic E-state index is -3.56. The van der Waals surface area contributed by atoms with Gasteiger partial charge < -0.3 is 5.32 Å². The number of nitrogens with one attached hydrogen (secondary N) is 1. The maximum atomic E-state index is 13.1. The Morgan fingerprint density at radius 2 is 1.65 bits per heavy atom. The molecule has 0 atom stereocenters. The SMILES string of the molecule is O=C(CN1CCN(S(=O)(=O)c2ccc3ccccc3c2)CC1)NCc1cccc(Cl)c1. The van der Waals surface area contributed by atoms with E-state index >= 15 is 0 Å². The number of sulfonamides is 1. The first-order valence-corrected chi connectivity index (χ1v) is 12.0. The van der Waals surface area contributed by atoms with E-state index in [2.05, 4.69) is 5.32 Å². The second-order valence-corrected chi connectivity index (χ2v) is 9.97. The number of piperazine rings is 1. The zero-order chi connectivity index (χ0) is 21.8. The molecule has 0 radical (unpaired) electrons. The molecule has 0 aliphatic carbocycles. The molecule has 1 saturated heterocycles. The van der Waals surface area contributed by atoms with E-state index in [1.807, 2.05) is 53.4 Å². The van der Waals surface area contributed by atoms with Crippen LogP contribution in [-0.2, 0) is 21.4 Å².